The zero-order valence-corrected chi connectivity index (χ0v) is 17.6. The number of amidine groups is 1. The fourth-order valence-electron chi connectivity index (χ4n) is 2.71. The van der Waals surface area contributed by atoms with Gasteiger partial charge in [0.1, 0.15) is 22.2 Å². The van der Waals surface area contributed by atoms with Gasteiger partial charge in [0, 0.05) is 12.1 Å². The zero-order chi connectivity index (χ0) is 22.5. The summed E-state index contributed by atoms with van der Waals surface area (Å²) in [6.45, 7) is 3.76. The summed E-state index contributed by atoms with van der Waals surface area (Å²) in [5.41, 5.74) is 12.4. The van der Waals surface area contributed by atoms with E-state index in [0.717, 1.165) is 11.6 Å². The number of nitrogens with one attached hydrogen (secondary N) is 2. The molecular formula is C20H26N4O5S. The van der Waals surface area contributed by atoms with E-state index in [4.69, 9.17) is 21.6 Å². The first kappa shape index (κ1) is 23.2. The van der Waals surface area contributed by atoms with Gasteiger partial charge in [-0.2, -0.15) is 0 Å². The molecule has 30 heavy (non-hydrogen) atoms. The molecule has 0 aromatic heterocycles. The number of aromatic hydroxyl groups is 1. The monoisotopic (exact) mass is 434 g/mol. The SMILES string of the molecule is CC(C)c1ccc(CCNS(=O)(=O)c2cc(C(=N)N)ccc2O)c(OCC(N)=O)c1. The smallest absolute Gasteiger partial charge is 0.255 e. The van der Waals surface area contributed by atoms with Crippen LogP contribution in [-0.4, -0.2) is 38.4 Å². The second kappa shape index (κ2) is 9.59. The van der Waals surface area contributed by atoms with Gasteiger partial charge in [0.25, 0.3) is 5.91 Å². The molecule has 0 aliphatic heterocycles. The van der Waals surface area contributed by atoms with Gasteiger partial charge in [0.05, 0.1) is 0 Å². The van der Waals surface area contributed by atoms with Crippen molar-refractivity contribution in [2.75, 3.05) is 13.2 Å². The molecule has 0 aliphatic rings. The van der Waals surface area contributed by atoms with Crippen molar-refractivity contribution in [1.82, 2.24) is 4.72 Å². The highest BCUT2D eigenvalue weighted by molar-refractivity contribution is 7.89. The largest absolute Gasteiger partial charge is 0.507 e. The van der Waals surface area contributed by atoms with Crippen molar-refractivity contribution in [3.05, 3.63) is 53.1 Å². The Balaban J connectivity index is 2.18. The lowest BCUT2D eigenvalue weighted by Gasteiger charge is -2.15. The molecule has 2 aromatic carbocycles. The van der Waals surface area contributed by atoms with Crippen molar-refractivity contribution in [2.45, 2.75) is 31.1 Å². The van der Waals surface area contributed by atoms with E-state index in [1.807, 2.05) is 26.0 Å². The van der Waals surface area contributed by atoms with Crippen molar-refractivity contribution < 1.29 is 23.1 Å². The van der Waals surface area contributed by atoms with Crippen molar-refractivity contribution in [3.63, 3.8) is 0 Å². The third kappa shape index (κ3) is 5.94. The van der Waals surface area contributed by atoms with E-state index < -0.39 is 21.7 Å². The first-order valence-electron chi connectivity index (χ1n) is 9.22. The minimum absolute atomic E-state index is 0.0139. The summed E-state index contributed by atoms with van der Waals surface area (Å²) in [5, 5.41) is 17.4. The summed E-state index contributed by atoms with van der Waals surface area (Å²) in [6.07, 6.45) is 0.277. The second-order valence-electron chi connectivity index (χ2n) is 7.02. The van der Waals surface area contributed by atoms with E-state index in [1.54, 1.807) is 6.07 Å². The number of carbonyl (C=O) groups excluding carboxylic acids is 1. The lowest BCUT2D eigenvalue weighted by atomic mass is 10.00. The van der Waals surface area contributed by atoms with Crippen LogP contribution in [0.4, 0.5) is 0 Å². The lowest BCUT2D eigenvalue weighted by Crippen LogP contribution is -2.27. The predicted molar refractivity (Wildman–Crippen MR) is 113 cm³/mol. The number of hydrogen-bond donors (Lipinski definition) is 5. The molecule has 7 N–H and O–H groups in total. The normalized spacial score (nSPS) is 11.4. The van der Waals surface area contributed by atoms with E-state index in [1.165, 1.54) is 12.1 Å². The minimum atomic E-state index is -4.04. The topological polar surface area (TPSA) is 169 Å². The summed E-state index contributed by atoms with van der Waals surface area (Å²) in [4.78, 5) is 10.7. The van der Waals surface area contributed by atoms with E-state index >= 15 is 0 Å². The Morgan fingerprint density at radius 1 is 1.20 bits per heavy atom. The van der Waals surface area contributed by atoms with Crippen LogP contribution in [0.1, 0.15) is 36.5 Å². The Labute approximate surface area is 175 Å². The quantitative estimate of drug-likeness (QED) is 0.278. The van der Waals surface area contributed by atoms with Crippen LogP contribution in [0, 0.1) is 5.41 Å². The molecule has 2 aromatic rings. The fraction of sp³-hybridized carbons (Fsp3) is 0.300. The Kier molecular flexibility index (Phi) is 7.41. The number of amides is 1. The van der Waals surface area contributed by atoms with Crippen LogP contribution in [-0.2, 0) is 21.2 Å². The maximum Gasteiger partial charge on any atom is 0.255 e. The molecule has 0 saturated heterocycles. The number of ether oxygens (including phenoxy) is 1. The van der Waals surface area contributed by atoms with Gasteiger partial charge in [0.15, 0.2) is 6.61 Å². The van der Waals surface area contributed by atoms with Crippen molar-refractivity contribution in [1.29, 1.82) is 5.41 Å². The number of carbonyl (C=O) groups is 1. The van der Waals surface area contributed by atoms with Crippen LogP contribution >= 0.6 is 0 Å². The number of phenols is 1. The van der Waals surface area contributed by atoms with E-state index in [-0.39, 0.29) is 41.8 Å². The highest BCUT2D eigenvalue weighted by atomic mass is 32.2. The highest BCUT2D eigenvalue weighted by Crippen LogP contribution is 2.26. The molecule has 0 bridgehead atoms. The lowest BCUT2D eigenvalue weighted by molar-refractivity contribution is -0.119. The number of phenolic OH excluding ortho intramolecular Hbond substituents is 1. The molecule has 1 amide bonds. The highest BCUT2D eigenvalue weighted by Gasteiger charge is 2.20. The fourth-order valence-corrected chi connectivity index (χ4v) is 3.87. The summed E-state index contributed by atoms with van der Waals surface area (Å²) >= 11 is 0. The molecular weight excluding hydrogens is 408 g/mol. The average molecular weight is 435 g/mol. The molecule has 10 heteroatoms. The maximum atomic E-state index is 12.6. The van der Waals surface area contributed by atoms with Gasteiger partial charge < -0.3 is 21.3 Å². The Hall–Kier alpha value is -3.11. The van der Waals surface area contributed by atoms with Crippen LogP contribution in [0.15, 0.2) is 41.3 Å². The number of benzene rings is 2. The van der Waals surface area contributed by atoms with Crippen LogP contribution in [0.5, 0.6) is 11.5 Å². The molecule has 0 fully saturated rings. The third-order valence-corrected chi connectivity index (χ3v) is 5.86. The molecule has 9 nitrogen and oxygen atoms in total. The molecule has 0 heterocycles. The average Bonchev–Trinajstić information content (AvgIpc) is 2.66. The Bertz CT molecular complexity index is 1050. The number of hydrogen-bond acceptors (Lipinski definition) is 6. The predicted octanol–water partition coefficient (Wildman–Crippen LogP) is 1.18. The Morgan fingerprint density at radius 2 is 1.90 bits per heavy atom. The van der Waals surface area contributed by atoms with Gasteiger partial charge in [-0.15, -0.1) is 0 Å². The summed E-state index contributed by atoms with van der Waals surface area (Å²) < 4.78 is 33.1. The summed E-state index contributed by atoms with van der Waals surface area (Å²) in [6, 6.07) is 9.20. The van der Waals surface area contributed by atoms with Crippen LogP contribution in [0.25, 0.3) is 0 Å². The van der Waals surface area contributed by atoms with Crippen LogP contribution < -0.4 is 20.9 Å². The zero-order valence-electron chi connectivity index (χ0n) is 16.8. The van der Waals surface area contributed by atoms with Gasteiger partial charge in [-0.05, 0) is 47.7 Å². The Morgan fingerprint density at radius 3 is 2.50 bits per heavy atom. The molecule has 0 atom stereocenters. The van der Waals surface area contributed by atoms with Gasteiger partial charge >= 0.3 is 0 Å². The second-order valence-corrected chi connectivity index (χ2v) is 8.76. The number of rotatable bonds is 10. The number of sulfonamides is 1. The van der Waals surface area contributed by atoms with Crippen molar-refractivity contribution >= 4 is 21.8 Å². The molecule has 0 spiro atoms. The van der Waals surface area contributed by atoms with Gasteiger partial charge in [-0.1, -0.05) is 26.0 Å². The summed E-state index contributed by atoms with van der Waals surface area (Å²) in [5.74, 6) is -0.671. The third-order valence-electron chi connectivity index (χ3n) is 4.37. The molecule has 2 rings (SSSR count). The summed E-state index contributed by atoms with van der Waals surface area (Å²) in [7, 11) is -4.04. The van der Waals surface area contributed by atoms with Crippen molar-refractivity contribution in [2.24, 2.45) is 11.5 Å². The number of primary amides is 1. The molecule has 0 radical (unpaired) electrons. The standard InChI is InChI=1S/C20H26N4O5S/c1-12(2)14-4-3-13(17(9-14)29-11-19(21)26)7-8-24-30(27,28)18-10-15(20(22)23)5-6-16(18)25/h3-6,9-10,12,24-25H,7-8,11H2,1-2H3,(H2,21,26)(H3,22,23). The van der Waals surface area contributed by atoms with Crippen LogP contribution in [0.3, 0.4) is 0 Å². The van der Waals surface area contributed by atoms with Gasteiger partial charge in [0.2, 0.25) is 10.0 Å². The first-order chi connectivity index (χ1) is 14.0. The number of nitrogen functional groups attached to an aromatic ring is 1. The van der Waals surface area contributed by atoms with E-state index in [9.17, 15) is 18.3 Å². The van der Waals surface area contributed by atoms with Crippen molar-refractivity contribution in [3.8, 4) is 11.5 Å². The van der Waals surface area contributed by atoms with Gasteiger partial charge in [-0.3, -0.25) is 10.2 Å². The van der Waals surface area contributed by atoms with Crippen LogP contribution in [0.2, 0.25) is 0 Å². The van der Waals surface area contributed by atoms with Gasteiger partial charge in [-0.25, -0.2) is 13.1 Å². The first-order valence-corrected chi connectivity index (χ1v) is 10.7. The minimum Gasteiger partial charge on any atom is -0.507 e. The molecule has 0 unspecified atom stereocenters. The maximum absolute atomic E-state index is 12.6. The molecule has 0 aliphatic carbocycles. The van der Waals surface area contributed by atoms with E-state index in [0.29, 0.717) is 11.3 Å². The number of nitrogens with two attached hydrogens (primary N) is 2. The molecule has 162 valence electrons. The molecule has 0 saturated carbocycles. The van der Waals surface area contributed by atoms with E-state index in [2.05, 4.69) is 4.72 Å².